The maximum absolute atomic E-state index is 11.4. The van der Waals surface area contributed by atoms with E-state index in [-0.39, 0.29) is 5.69 Å². The SMILES string of the molecule is O=c1[nH]cc(-c2cccs2)c2nccn12. The standard InChI is InChI=1S/C10H7N3OS/c14-10-12-6-7(8-2-1-5-15-8)9-11-3-4-13(9)10/h1-6H,(H,12,14). The molecule has 3 aromatic rings. The van der Waals surface area contributed by atoms with Gasteiger partial charge in [0.15, 0.2) is 5.65 Å². The van der Waals surface area contributed by atoms with E-state index in [1.54, 1.807) is 29.9 Å². The first-order valence-electron chi connectivity index (χ1n) is 4.45. The summed E-state index contributed by atoms with van der Waals surface area (Å²) in [6.45, 7) is 0. The third-order valence-corrected chi connectivity index (χ3v) is 3.13. The molecule has 0 bridgehead atoms. The van der Waals surface area contributed by atoms with Crippen LogP contribution in [0.3, 0.4) is 0 Å². The Balaban J connectivity index is 2.42. The van der Waals surface area contributed by atoms with Gasteiger partial charge in [-0.3, -0.25) is 4.40 Å². The Morgan fingerprint density at radius 1 is 1.47 bits per heavy atom. The molecule has 3 heterocycles. The molecule has 0 unspecified atom stereocenters. The van der Waals surface area contributed by atoms with E-state index in [1.165, 1.54) is 4.40 Å². The number of aromatic nitrogens is 3. The van der Waals surface area contributed by atoms with Crippen molar-refractivity contribution in [2.45, 2.75) is 0 Å². The monoisotopic (exact) mass is 217 g/mol. The Bertz CT molecular complexity index is 651. The van der Waals surface area contributed by atoms with Crippen molar-refractivity contribution in [2.24, 2.45) is 0 Å². The minimum absolute atomic E-state index is 0.164. The molecule has 0 radical (unpaired) electrons. The molecule has 15 heavy (non-hydrogen) atoms. The van der Waals surface area contributed by atoms with Crippen molar-refractivity contribution in [3.8, 4) is 10.4 Å². The Labute approximate surface area is 88.8 Å². The molecule has 0 fully saturated rings. The van der Waals surface area contributed by atoms with Crippen molar-refractivity contribution in [3.05, 3.63) is 46.6 Å². The summed E-state index contributed by atoms with van der Waals surface area (Å²) in [4.78, 5) is 19.4. The second-order valence-corrected chi connectivity index (χ2v) is 4.05. The normalized spacial score (nSPS) is 10.9. The van der Waals surface area contributed by atoms with E-state index in [2.05, 4.69) is 9.97 Å². The van der Waals surface area contributed by atoms with Crippen LogP contribution in [0.15, 0.2) is 40.9 Å². The zero-order valence-electron chi connectivity index (χ0n) is 7.68. The Morgan fingerprint density at radius 3 is 3.20 bits per heavy atom. The van der Waals surface area contributed by atoms with Crippen LogP contribution in [-0.2, 0) is 0 Å². The van der Waals surface area contributed by atoms with Crippen molar-refractivity contribution in [3.63, 3.8) is 0 Å². The third-order valence-electron chi connectivity index (χ3n) is 2.23. The fourth-order valence-electron chi connectivity index (χ4n) is 1.55. The highest BCUT2D eigenvalue weighted by Gasteiger charge is 2.07. The van der Waals surface area contributed by atoms with Crippen molar-refractivity contribution >= 4 is 17.0 Å². The first-order valence-corrected chi connectivity index (χ1v) is 5.33. The molecule has 0 aliphatic heterocycles. The van der Waals surface area contributed by atoms with Gasteiger partial charge in [0.05, 0.1) is 5.56 Å². The summed E-state index contributed by atoms with van der Waals surface area (Å²) in [6.07, 6.45) is 4.99. The van der Waals surface area contributed by atoms with E-state index in [0.717, 1.165) is 10.4 Å². The molecular formula is C10H7N3OS. The molecule has 0 aliphatic rings. The van der Waals surface area contributed by atoms with E-state index >= 15 is 0 Å². The molecule has 0 atom stereocenters. The summed E-state index contributed by atoms with van der Waals surface area (Å²) < 4.78 is 1.51. The molecular weight excluding hydrogens is 210 g/mol. The van der Waals surface area contributed by atoms with E-state index in [1.807, 2.05) is 17.5 Å². The van der Waals surface area contributed by atoms with Crippen molar-refractivity contribution in [1.82, 2.24) is 14.4 Å². The predicted molar refractivity (Wildman–Crippen MR) is 59.1 cm³/mol. The van der Waals surface area contributed by atoms with Gasteiger partial charge in [0, 0.05) is 23.5 Å². The number of thiophene rings is 1. The molecule has 0 aromatic carbocycles. The first kappa shape index (κ1) is 8.43. The highest BCUT2D eigenvalue weighted by molar-refractivity contribution is 7.13. The van der Waals surface area contributed by atoms with Crippen LogP contribution in [0, 0.1) is 0 Å². The summed E-state index contributed by atoms with van der Waals surface area (Å²) in [5.41, 5.74) is 1.48. The van der Waals surface area contributed by atoms with Crippen LogP contribution in [0.25, 0.3) is 16.1 Å². The van der Waals surface area contributed by atoms with Crippen molar-refractivity contribution in [2.75, 3.05) is 0 Å². The fourth-order valence-corrected chi connectivity index (χ4v) is 2.29. The average Bonchev–Trinajstić information content (AvgIpc) is 2.88. The van der Waals surface area contributed by atoms with Crippen LogP contribution in [0.1, 0.15) is 0 Å². The quantitative estimate of drug-likeness (QED) is 0.675. The second-order valence-electron chi connectivity index (χ2n) is 3.11. The minimum Gasteiger partial charge on any atom is -0.313 e. The topological polar surface area (TPSA) is 50.2 Å². The van der Waals surface area contributed by atoms with Gasteiger partial charge in [0.2, 0.25) is 0 Å². The number of fused-ring (bicyclic) bond motifs is 1. The van der Waals surface area contributed by atoms with Crippen LogP contribution in [0.5, 0.6) is 0 Å². The Morgan fingerprint density at radius 2 is 2.40 bits per heavy atom. The van der Waals surface area contributed by atoms with Crippen molar-refractivity contribution in [1.29, 1.82) is 0 Å². The van der Waals surface area contributed by atoms with E-state index < -0.39 is 0 Å². The molecule has 74 valence electrons. The van der Waals surface area contributed by atoms with Crippen LogP contribution >= 0.6 is 11.3 Å². The molecule has 4 nitrogen and oxygen atoms in total. The zero-order chi connectivity index (χ0) is 10.3. The summed E-state index contributed by atoms with van der Waals surface area (Å²) in [7, 11) is 0. The van der Waals surface area contributed by atoms with Gasteiger partial charge in [-0.15, -0.1) is 11.3 Å². The van der Waals surface area contributed by atoms with Crippen LogP contribution in [0.2, 0.25) is 0 Å². The number of H-pyrrole nitrogens is 1. The summed E-state index contributed by atoms with van der Waals surface area (Å²) >= 11 is 1.62. The van der Waals surface area contributed by atoms with Gasteiger partial charge in [-0.25, -0.2) is 9.78 Å². The maximum Gasteiger partial charge on any atom is 0.331 e. The molecule has 0 aliphatic carbocycles. The number of nitrogens with one attached hydrogen (secondary N) is 1. The fraction of sp³-hybridized carbons (Fsp3) is 0. The number of aromatic amines is 1. The molecule has 3 aromatic heterocycles. The van der Waals surface area contributed by atoms with Gasteiger partial charge in [-0.1, -0.05) is 6.07 Å². The van der Waals surface area contributed by atoms with E-state index in [9.17, 15) is 4.79 Å². The lowest BCUT2D eigenvalue weighted by molar-refractivity contribution is 1.01. The number of hydrogen-bond acceptors (Lipinski definition) is 3. The molecule has 1 N–H and O–H groups in total. The molecule has 0 saturated heterocycles. The zero-order valence-corrected chi connectivity index (χ0v) is 8.49. The lowest BCUT2D eigenvalue weighted by atomic mass is 10.3. The van der Waals surface area contributed by atoms with Gasteiger partial charge >= 0.3 is 5.69 Å². The highest BCUT2D eigenvalue weighted by Crippen LogP contribution is 2.25. The van der Waals surface area contributed by atoms with Gasteiger partial charge in [0.25, 0.3) is 0 Å². The minimum atomic E-state index is -0.164. The van der Waals surface area contributed by atoms with E-state index in [0.29, 0.717) is 5.65 Å². The van der Waals surface area contributed by atoms with Gasteiger partial charge in [-0.2, -0.15) is 0 Å². The Hall–Kier alpha value is -1.88. The first-order chi connectivity index (χ1) is 7.36. The van der Waals surface area contributed by atoms with Crippen molar-refractivity contribution < 1.29 is 0 Å². The number of nitrogens with zero attached hydrogens (tertiary/aromatic N) is 2. The van der Waals surface area contributed by atoms with Gasteiger partial charge in [0.1, 0.15) is 0 Å². The largest absolute Gasteiger partial charge is 0.331 e. The van der Waals surface area contributed by atoms with Crippen LogP contribution in [0.4, 0.5) is 0 Å². The molecule has 0 amide bonds. The highest BCUT2D eigenvalue weighted by atomic mass is 32.1. The van der Waals surface area contributed by atoms with E-state index in [4.69, 9.17) is 0 Å². The smallest absolute Gasteiger partial charge is 0.313 e. The number of rotatable bonds is 1. The van der Waals surface area contributed by atoms with Crippen LogP contribution in [-0.4, -0.2) is 14.4 Å². The summed E-state index contributed by atoms with van der Waals surface area (Å²) in [6, 6.07) is 3.98. The van der Waals surface area contributed by atoms with Gasteiger partial charge in [-0.05, 0) is 11.4 Å². The van der Waals surface area contributed by atoms with Gasteiger partial charge < -0.3 is 4.98 Å². The third kappa shape index (κ3) is 1.20. The number of imidazole rings is 1. The molecule has 5 heteroatoms. The average molecular weight is 217 g/mol. The number of hydrogen-bond donors (Lipinski definition) is 1. The summed E-state index contributed by atoms with van der Waals surface area (Å²) in [5.74, 6) is 0. The Kier molecular flexibility index (Phi) is 1.72. The molecule has 3 rings (SSSR count). The lowest BCUT2D eigenvalue weighted by Gasteiger charge is -1.99. The van der Waals surface area contributed by atoms with Crippen LogP contribution < -0.4 is 5.69 Å². The summed E-state index contributed by atoms with van der Waals surface area (Å²) in [5, 5.41) is 2.00. The molecule has 0 spiro atoms. The maximum atomic E-state index is 11.4. The second kappa shape index (κ2) is 3.06. The molecule has 0 saturated carbocycles. The lowest BCUT2D eigenvalue weighted by Crippen LogP contribution is -2.14. The predicted octanol–water partition coefficient (Wildman–Crippen LogP) is 1.75.